The fourth-order valence-electron chi connectivity index (χ4n) is 4.82. The van der Waals surface area contributed by atoms with Crippen molar-refractivity contribution in [2.45, 2.75) is 56.3 Å². The number of aryl methyl sites for hydroxylation is 2. The van der Waals surface area contributed by atoms with Crippen LogP contribution in [0, 0.1) is 13.8 Å². The van der Waals surface area contributed by atoms with Gasteiger partial charge in [0.2, 0.25) is 11.7 Å². The van der Waals surface area contributed by atoms with E-state index < -0.39 is 38.5 Å². The number of amides is 2. The summed E-state index contributed by atoms with van der Waals surface area (Å²) in [7, 11) is -4.19. The standard InChI is InChI=1S/C25H26N6O6S2/c1-13-6-8-16(9-7-13)12-26-20(34)18-19(33)21(35)31-17-5-4-10-25(11-17,23(31)29-18)30-39(36,37)22-14(2)27-24(38-22)28-15(3)32/h5-9,30,33H,4,10-12H2,1-3H3,(H,26,34)(H,27,28,32). The van der Waals surface area contributed by atoms with Gasteiger partial charge in [-0.15, -0.1) is 0 Å². The Labute approximate surface area is 227 Å². The Kier molecular flexibility index (Phi) is 6.64. The molecule has 204 valence electrons. The van der Waals surface area contributed by atoms with Crippen LogP contribution in [0.1, 0.15) is 59.3 Å². The third kappa shape index (κ3) is 4.86. The van der Waals surface area contributed by atoms with Crippen LogP contribution in [0.5, 0.6) is 5.75 Å². The molecule has 3 aromatic rings. The molecule has 4 N–H and O–H groups in total. The van der Waals surface area contributed by atoms with Crippen LogP contribution in [0.3, 0.4) is 0 Å². The molecule has 12 nitrogen and oxygen atoms in total. The Bertz CT molecular complexity index is 1710. The number of allylic oxidation sites excluding steroid dienone is 1. The van der Waals surface area contributed by atoms with E-state index in [2.05, 4.69) is 25.3 Å². The highest BCUT2D eigenvalue weighted by Gasteiger charge is 2.49. The largest absolute Gasteiger partial charge is 0.501 e. The lowest BCUT2D eigenvalue weighted by atomic mass is 9.87. The van der Waals surface area contributed by atoms with Gasteiger partial charge in [-0.3, -0.25) is 19.0 Å². The number of hydrogen-bond acceptors (Lipinski definition) is 9. The minimum atomic E-state index is -4.19. The number of hydrogen-bond donors (Lipinski definition) is 4. The maximum atomic E-state index is 13.6. The van der Waals surface area contributed by atoms with Gasteiger partial charge in [-0.1, -0.05) is 47.2 Å². The minimum Gasteiger partial charge on any atom is -0.501 e. The number of nitrogens with one attached hydrogen (secondary N) is 3. The highest BCUT2D eigenvalue weighted by molar-refractivity contribution is 7.91. The lowest BCUT2D eigenvalue weighted by Crippen LogP contribution is -2.46. The number of carbonyl (C=O) groups excluding carboxylic acids is 2. The Morgan fingerprint density at radius 2 is 1.90 bits per heavy atom. The van der Waals surface area contributed by atoms with Crippen molar-refractivity contribution in [3.63, 3.8) is 0 Å². The number of thiazole rings is 1. The molecule has 5 rings (SSSR count). The zero-order valence-corrected chi connectivity index (χ0v) is 23.0. The molecule has 1 aliphatic heterocycles. The maximum absolute atomic E-state index is 13.6. The molecular formula is C25H26N6O6S2. The van der Waals surface area contributed by atoms with Gasteiger partial charge < -0.3 is 15.7 Å². The molecular weight excluding hydrogens is 544 g/mol. The molecule has 39 heavy (non-hydrogen) atoms. The first-order chi connectivity index (χ1) is 18.4. The minimum absolute atomic E-state index is 0.0300. The lowest BCUT2D eigenvalue weighted by molar-refractivity contribution is -0.114. The molecule has 14 heteroatoms. The van der Waals surface area contributed by atoms with Gasteiger partial charge >= 0.3 is 5.56 Å². The smallest absolute Gasteiger partial charge is 0.300 e. The summed E-state index contributed by atoms with van der Waals surface area (Å²) in [5, 5.41) is 15.9. The van der Waals surface area contributed by atoms with Crippen molar-refractivity contribution in [2.75, 3.05) is 5.32 Å². The molecule has 0 fully saturated rings. The van der Waals surface area contributed by atoms with Crippen LogP contribution in [-0.4, -0.2) is 39.9 Å². The van der Waals surface area contributed by atoms with Gasteiger partial charge in [-0.05, 0) is 32.3 Å². The molecule has 0 radical (unpaired) electrons. The molecule has 2 bridgehead atoms. The van der Waals surface area contributed by atoms with Crippen LogP contribution < -0.4 is 20.9 Å². The number of aromatic hydroxyl groups is 1. The van der Waals surface area contributed by atoms with Crippen molar-refractivity contribution < 1.29 is 23.1 Å². The Morgan fingerprint density at radius 3 is 2.59 bits per heavy atom. The van der Waals surface area contributed by atoms with Crippen LogP contribution in [0.15, 0.2) is 39.3 Å². The number of fused-ring (bicyclic) bond motifs is 5. The number of benzene rings is 1. The van der Waals surface area contributed by atoms with E-state index in [0.717, 1.165) is 22.5 Å². The van der Waals surface area contributed by atoms with E-state index in [1.54, 1.807) is 6.08 Å². The van der Waals surface area contributed by atoms with Gasteiger partial charge in [0.1, 0.15) is 5.82 Å². The summed E-state index contributed by atoms with van der Waals surface area (Å²) < 4.78 is 30.9. The number of rotatable bonds is 7. The van der Waals surface area contributed by atoms with E-state index in [4.69, 9.17) is 0 Å². The van der Waals surface area contributed by atoms with Crippen LogP contribution in [0.4, 0.5) is 5.13 Å². The molecule has 0 saturated carbocycles. The van der Waals surface area contributed by atoms with Gasteiger partial charge in [-0.2, -0.15) is 4.72 Å². The molecule has 2 aromatic heterocycles. The fraction of sp³-hybridized carbons (Fsp3) is 0.320. The van der Waals surface area contributed by atoms with Crippen LogP contribution in [0.2, 0.25) is 0 Å². The lowest BCUT2D eigenvalue weighted by Gasteiger charge is -2.30. The molecule has 2 aliphatic rings. The topological polar surface area (TPSA) is 172 Å². The first-order valence-corrected chi connectivity index (χ1v) is 14.4. The quantitative estimate of drug-likeness (QED) is 0.334. The van der Waals surface area contributed by atoms with Crippen molar-refractivity contribution in [2.24, 2.45) is 0 Å². The SMILES string of the molecule is CC(=O)Nc1nc(C)c(S(=O)(=O)NC23CCC=C(C2)n2c3nc(C(=O)NCc3ccc(C)cc3)c(O)c2=O)s1. The third-order valence-electron chi connectivity index (χ3n) is 6.61. The number of aromatic nitrogens is 3. The Balaban J connectivity index is 1.50. The van der Waals surface area contributed by atoms with E-state index in [-0.39, 0.29) is 46.2 Å². The summed E-state index contributed by atoms with van der Waals surface area (Å²) in [5.41, 5.74) is -0.0996. The first-order valence-electron chi connectivity index (χ1n) is 12.1. The van der Waals surface area contributed by atoms with E-state index in [1.807, 2.05) is 31.2 Å². The molecule has 1 unspecified atom stereocenters. The average Bonchev–Trinajstić information content (AvgIpc) is 3.33. The van der Waals surface area contributed by atoms with Gasteiger partial charge in [0.25, 0.3) is 15.9 Å². The predicted octanol–water partition coefficient (Wildman–Crippen LogP) is 2.12. The van der Waals surface area contributed by atoms with Crippen molar-refractivity contribution in [1.29, 1.82) is 0 Å². The average molecular weight is 571 g/mol. The van der Waals surface area contributed by atoms with E-state index in [9.17, 15) is 27.9 Å². The highest BCUT2D eigenvalue weighted by Crippen LogP contribution is 2.46. The Hall–Kier alpha value is -3.88. The molecule has 3 heterocycles. The summed E-state index contributed by atoms with van der Waals surface area (Å²) in [5.74, 6) is -1.94. The molecule has 1 aliphatic carbocycles. The van der Waals surface area contributed by atoms with Crippen molar-refractivity contribution in [3.05, 3.63) is 69.0 Å². The number of sulfonamides is 1. The second kappa shape index (κ2) is 9.70. The molecule has 0 saturated heterocycles. The third-order valence-corrected chi connectivity index (χ3v) is 9.83. The summed E-state index contributed by atoms with van der Waals surface area (Å²) in [6.45, 7) is 4.89. The van der Waals surface area contributed by atoms with Gasteiger partial charge in [0.15, 0.2) is 15.0 Å². The molecule has 0 spiro atoms. The predicted molar refractivity (Wildman–Crippen MR) is 144 cm³/mol. The fourth-order valence-corrected chi connectivity index (χ4v) is 7.67. The number of anilines is 1. The van der Waals surface area contributed by atoms with Crippen LogP contribution in [-0.2, 0) is 26.9 Å². The summed E-state index contributed by atoms with van der Waals surface area (Å²) in [6, 6.07) is 7.48. The Morgan fingerprint density at radius 1 is 1.18 bits per heavy atom. The van der Waals surface area contributed by atoms with Gasteiger partial charge in [0.05, 0.1) is 11.2 Å². The zero-order valence-electron chi connectivity index (χ0n) is 21.4. The maximum Gasteiger partial charge on any atom is 0.300 e. The second-order valence-electron chi connectivity index (χ2n) is 9.61. The number of nitrogens with zero attached hydrogens (tertiary/aromatic N) is 3. The molecule has 1 atom stereocenters. The van der Waals surface area contributed by atoms with Gasteiger partial charge in [0, 0.05) is 25.6 Å². The first kappa shape index (κ1) is 26.7. The summed E-state index contributed by atoms with van der Waals surface area (Å²) in [4.78, 5) is 46.1. The summed E-state index contributed by atoms with van der Waals surface area (Å²) >= 11 is 0.805. The van der Waals surface area contributed by atoms with Crippen molar-refractivity contribution in [3.8, 4) is 5.75 Å². The van der Waals surface area contributed by atoms with Gasteiger partial charge in [-0.25, -0.2) is 18.4 Å². The number of carbonyl (C=O) groups is 2. The molecule has 2 amide bonds. The monoisotopic (exact) mass is 570 g/mol. The van der Waals surface area contributed by atoms with Crippen LogP contribution >= 0.6 is 11.3 Å². The highest BCUT2D eigenvalue weighted by atomic mass is 32.2. The van der Waals surface area contributed by atoms with E-state index >= 15 is 0 Å². The van der Waals surface area contributed by atoms with E-state index in [0.29, 0.717) is 12.1 Å². The second-order valence-corrected chi connectivity index (χ2v) is 12.5. The zero-order chi connectivity index (χ0) is 28.1. The van der Waals surface area contributed by atoms with Crippen LogP contribution in [0.25, 0.3) is 5.70 Å². The molecule has 1 aromatic carbocycles. The van der Waals surface area contributed by atoms with E-state index in [1.165, 1.54) is 18.4 Å². The van der Waals surface area contributed by atoms with Crippen molar-refractivity contribution >= 4 is 44.0 Å². The normalized spacial score (nSPS) is 17.9. The summed E-state index contributed by atoms with van der Waals surface area (Å²) in [6.07, 6.45) is 2.61. The van der Waals surface area contributed by atoms with Crippen molar-refractivity contribution in [1.82, 2.24) is 24.6 Å².